The quantitative estimate of drug-likeness (QED) is 0.404. The highest BCUT2D eigenvalue weighted by Crippen LogP contribution is 2.72. The van der Waals surface area contributed by atoms with E-state index in [1.54, 1.807) is 0 Å². The van der Waals surface area contributed by atoms with E-state index in [1.807, 2.05) is 0 Å². The Balaban J connectivity index is 1.83. The zero-order valence-corrected chi connectivity index (χ0v) is 16.1. The van der Waals surface area contributed by atoms with Crippen LogP contribution in [0.1, 0.15) is 57.8 Å². The van der Waals surface area contributed by atoms with E-state index in [0.717, 1.165) is 6.26 Å². The molecule has 4 saturated carbocycles. The third kappa shape index (κ3) is 3.18. The first kappa shape index (κ1) is 21.3. The van der Waals surface area contributed by atoms with Crippen molar-refractivity contribution in [3.8, 4) is 0 Å². The maximum Gasteiger partial charge on any atom is 0.427 e. The maximum atomic E-state index is 14.5. The molecule has 1 aliphatic heterocycles. The summed E-state index contributed by atoms with van der Waals surface area (Å²) in [5.41, 5.74) is -7.44. The van der Waals surface area contributed by atoms with E-state index >= 15 is 0 Å². The van der Waals surface area contributed by atoms with Crippen molar-refractivity contribution in [2.45, 2.75) is 87.6 Å². The van der Waals surface area contributed by atoms with Crippen LogP contribution in [0.3, 0.4) is 0 Å². The molecule has 0 radical (unpaired) electrons. The molecular weight excluding hydrogens is 402 g/mol. The number of alkyl halides is 6. The van der Waals surface area contributed by atoms with E-state index in [9.17, 15) is 26.3 Å². The molecule has 3 atom stereocenters. The van der Waals surface area contributed by atoms with Gasteiger partial charge in [0.05, 0.1) is 6.26 Å². The Kier molecular flexibility index (Phi) is 4.97. The molecule has 5 rings (SSSR count). The predicted molar refractivity (Wildman–Crippen MR) is 90.6 cm³/mol. The van der Waals surface area contributed by atoms with Crippen LogP contribution in [-0.4, -0.2) is 36.5 Å². The summed E-state index contributed by atoms with van der Waals surface area (Å²) in [6.07, 6.45) is -9.67. The van der Waals surface area contributed by atoms with Gasteiger partial charge in [-0.2, -0.15) is 26.3 Å². The zero-order valence-electron chi connectivity index (χ0n) is 16.1. The molecule has 166 valence electrons. The molecule has 5 fully saturated rings. The Hall–Kier alpha value is -0.960. The first-order chi connectivity index (χ1) is 13.5. The Morgan fingerprint density at radius 3 is 2.03 bits per heavy atom. The van der Waals surface area contributed by atoms with Crippen LogP contribution in [0.25, 0.3) is 0 Å². The second-order valence-electron chi connectivity index (χ2n) is 9.30. The van der Waals surface area contributed by atoms with Crippen molar-refractivity contribution in [1.29, 1.82) is 0 Å². The lowest BCUT2D eigenvalue weighted by atomic mass is 9.43. The SMILES string of the molecule is C=COC12CC3CC(C1)CC(C(OC1CCCCO1)(C(F)(F)F)C(F)(F)F)(C3)C2. The fourth-order valence-corrected chi connectivity index (χ4v) is 6.93. The van der Waals surface area contributed by atoms with Crippen LogP contribution >= 0.6 is 0 Å². The van der Waals surface area contributed by atoms with Crippen molar-refractivity contribution < 1.29 is 40.6 Å². The fraction of sp³-hybridized carbons (Fsp3) is 0.900. The Morgan fingerprint density at radius 2 is 1.55 bits per heavy atom. The summed E-state index contributed by atoms with van der Waals surface area (Å²) in [4.78, 5) is 0. The van der Waals surface area contributed by atoms with Gasteiger partial charge in [0.1, 0.15) is 5.60 Å². The van der Waals surface area contributed by atoms with Gasteiger partial charge in [0, 0.05) is 12.0 Å². The van der Waals surface area contributed by atoms with Gasteiger partial charge in [-0.3, -0.25) is 0 Å². The van der Waals surface area contributed by atoms with Crippen LogP contribution in [-0.2, 0) is 14.2 Å². The lowest BCUT2D eigenvalue weighted by Gasteiger charge is -2.66. The van der Waals surface area contributed by atoms with Crippen molar-refractivity contribution in [2.75, 3.05) is 6.61 Å². The normalized spacial score (nSPS) is 40.1. The van der Waals surface area contributed by atoms with Crippen molar-refractivity contribution in [2.24, 2.45) is 17.3 Å². The standard InChI is InChI=1S/C20H26F6O3/c1-2-28-17-10-13-7-14(11-17)9-16(8-13,12-17)18(19(21,22)23,20(24,25)26)29-15-5-3-4-6-27-15/h2,13-15H,1,3-12H2. The molecule has 0 N–H and O–H groups in total. The minimum atomic E-state index is -5.63. The molecule has 4 aliphatic carbocycles. The molecule has 1 saturated heterocycles. The number of rotatable bonds is 5. The molecule has 0 amide bonds. The van der Waals surface area contributed by atoms with E-state index in [1.165, 1.54) is 0 Å². The molecule has 0 spiro atoms. The van der Waals surface area contributed by atoms with Gasteiger partial charge < -0.3 is 14.2 Å². The zero-order chi connectivity index (χ0) is 21.1. The van der Waals surface area contributed by atoms with Gasteiger partial charge in [0.25, 0.3) is 5.60 Å². The van der Waals surface area contributed by atoms with Gasteiger partial charge in [-0.1, -0.05) is 6.58 Å². The monoisotopic (exact) mass is 428 g/mol. The largest absolute Gasteiger partial charge is 0.495 e. The number of hydrogen-bond donors (Lipinski definition) is 0. The summed E-state index contributed by atoms with van der Waals surface area (Å²) in [6.45, 7) is 3.59. The van der Waals surface area contributed by atoms with Crippen LogP contribution in [0.4, 0.5) is 26.3 Å². The Bertz CT molecular complexity index is 609. The second-order valence-corrected chi connectivity index (χ2v) is 9.30. The van der Waals surface area contributed by atoms with Crippen LogP contribution in [0.2, 0.25) is 0 Å². The molecule has 1 heterocycles. The summed E-state index contributed by atoms with van der Waals surface area (Å²) < 4.78 is 103. The summed E-state index contributed by atoms with van der Waals surface area (Å²) in [6, 6.07) is 0. The lowest BCUT2D eigenvalue weighted by Crippen LogP contribution is -2.75. The highest BCUT2D eigenvalue weighted by atomic mass is 19.4. The van der Waals surface area contributed by atoms with Gasteiger partial charge in [-0.05, 0) is 69.6 Å². The first-order valence-corrected chi connectivity index (χ1v) is 10.2. The molecule has 3 unspecified atom stereocenters. The van der Waals surface area contributed by atoms with Crippen molar-refractivity contribution in [3.63, 3.8) is 0 Å². The van der Waals surface area contributed by atoms with Gasteiger partial charge in [0.15, 0.2) is 6.29 Å². The lowest BCUT2D eigenvalue weighted by molar-refractivity contribution is -0.457. The van der Waals surface area contributed by atoms with Crippen molar-refractivity contribution >= 4 is 0 Å². The highest BCUT2D eigenvalue weighted by Gasteiger charge is 2.84. The molecular formula is C20H26F6O3. The smallest absolute Gasteiger partial charge is 0.427 e. The van der Waals surface area contributed by atoms with Gasteiger partial charge in [-0.15, -0.1) is 0 Å². The molecule has 0 aromatic carbocycles. The van der Waals surface area contributed by atoms with E-state index in [-0.39, 0.29) is 44.1 Å². The molecule has 5 aliphatic rings. The van der Waals surface area contributed by atoms with E-state index in [0.29, 0.717) is 32.1 Å². The summed E-state index contributed by atoms with van der Waals surface area (Å²) in [5, 5.41) is 0. The van der Waals surface area contributed by atoms with E-state index < -0.39 is 35.3 Å². The highest BCUT2D eigenvalue weighted by molar-refractivity contribution is 5.20. The third-order valence-electron chi connectivity index (χ3n) is 7.33. The minimum absolute atomic E-state index is 0.0190. The second kappa shape index (κ2) is 6.77. The molecule has 0 aromatic heterocycles. The van der Waals surface area contributed by atoms with Crippen molar-refractivity contribution in [3.05, 3.63) is 12.8 Å². The third-order valence-corrected chi connectivity index (χ3v) is 7.33. The van der Waals surface area contributed by atoms with E-state index in [2.05, 4.69) is 6.58 Å². The van der Waals surface area contributed by atoms with E-state index in [4.69, 9.17) is 14.2 Å². The maximum absolute atomic E-state index is 14.5. The van der Waals surface area contributed by atoms with Gasteiger partial charge >= 0.3 is 12.4 Å². The molecule has 9 heteroatoms. The Labute approximate surface area is 165 Å². The summed E-state index contributed by atoms with van der Waals surface area (Å²) in [5.74, 6) is -0.507. The summed E-state index contributed by atoms with van der Waals surface area (Å²) in [7, 11) is 0. The number of halogens is 6. The molecule has 4 bridgehead atoms. The van der Waals surface area contributed by atoms with Crippen LogP contribution in [0, 0.1) is 17.3 Å². The number of ether oxygens (including phenoxy) is 3. The number of hydrogen-bond acceptors (Lipinski definition) is 3. The van der Waals surface area contributed by atoms with Gasteiger partial charge in [0.2, 0.25) is 0 Å². The van der Waals surface area contributed by atoms with Gasteiger partial charge in [-0.25, -0.2) is 0 Å². The first-order valence-electron chi connectivity index (χ1n) is 10.2. The average Bonchev–Trinajstić information content (AvgIpc) is 2.57. The van der Waals surface area contributed by atoms with Crippen LogP contribution in [0.5, 0.6) is 0 Å². The molecule has 0 aromatic rings. The topological polar surface area (TPSA) is 27.7 Å². The van der Waals surface area contributed by atoms with Crippen LogP contribution < -0.4 is 0 Å². The van der Waals surface area contributed by atoms with Crippen LogP contribution in [0.15, 0.2) is 12.8 Å². The minimum Gasteiger partial charge on any atom is -0.495 e. The molecule has 29 heavy (non-hydrogen) atoms. The van der Waals surface area contributed by atoms with Crippen molar-refractivity contribution in [1.82, 2.24) is 0 Å². The average molecular weight is 428 g/mol. The fourth-order valence-electron chi connectivity index (χ4n) is 6.93. The Morgan fingerprint density at radius 1 is 0.931 bits per heavy atom. The molecule has 3 nitrogen and oxygen atoms in total. The summed E-state index contributed by atoms with van der Waals surface area (Å²) >= 11 is 0. The predicted octanol–water partition coefficient (Wildman–Crippen LogP) is 5.89.